The van der Waals surface area contributed by atoms with Gasteiger partial charge in [0.05, 0.1) is 23.0 Å². The molecule has 0 aliphatic heterocycles. The summed E-state index contributed by atoms with van der Waals surface area (Å²) in [5.74, 6) is -1.07. The van der Waals surface area contributed by atoms with E-state index in [9.17, 15) is 26.4 Å². The Labute approximate surface area is 175 Å². The van der Waals surface area contributed by atoms with Crippen LogP contribution in [0.5, 0.6) is 5.88 Å². The fraction of sp³-hybridized carbons (Fsp3) is 0.300. The van der Waals surface area contributed by atoms with Crippen LogP contribution in [0.1, 0.15) is 24.0 Å². The Bertz CT molecular complexity index is 1290. The number of carbonyl (C=O) groups is 1. The van der Waals surface area contributed by atoms with Crippen LogP contribution in [0.15, 0.2) is 47.6 Å². The number of hydrogen-bond donors (Lipinski definition) is 1. The number of methoxy groups -OCH3 is 1. The van der Waals surface area contributed by atoms with Gasteiger partial charge in [-0.25, -0.2) is 18.1 Å². The third-order valence-electron chi connectivity index (χ3n) is 5.48. The number of nitrogens with zero attached hydrogens (tertiary/aromatic N) is 2. The van der Waals surface area contributed by atoms with Crippen LogP contribution >= 0.6 is 0 Å². The number of halogens is 3. The SMILES string of the molecule is COc1ncc(C(F)(F)F)cc1C1(C(=O)NS(=O)(=O)c2cccc3c2ccn3C)CC1. The molecule has 7 nitrogen and oxygen atoms in total. The predicted molar refractivity (Wildman–Crippen MR) is 105 cm³/mol. The number of alkyl halides is 3. The minimum absolute atomic E-state index is 0.0876. The molecule has 1 aliphatic rings. The summed E-state index contributed by atoms with van der Waals surface area (Å²) in [4.78, 5) is 16.6. The van der Waals surface area contributed by atoms with Crippen molar-refractivity contribution in [1.29, 1.82) is 0 Å². The van der Waals surface area contributed by atoms with E-state index in [-0.39, 0.29) is 29.2 Å². The molecule has 3 aromatic rings. The second kappa shape index (κ2) is 6.98. The van der Waals surface area contributed by atoms with Crippen molar-refractivity contribution < 1.29 is 31.1 Å². The van der Waals surface area contributed by atoms with Gasteiger partial charge in [-0.2, -0.15) is 13.2 Å². The zero-order valence-electron chi connectivity index (χ0n) is 16.5. The molecule has 164 valence electrons. The molecule has 1 amide bonds. The molecular weight excluding hydrogens is 435 g/mol. The number of rotatable bonds is 5. The highest BCUT2D eigenvalue weighted by molar-refractivity contribution is 7.90. The van der Waals surface area contributed by atoms with Gasteiger partial charge in [-0.3, -0.25) is 4.79 Å². The summed E-state index contributed by atoms with van der Waals surface area (Å²) >= 11 is 0. The van der Waals surface area contributed by atoms with Gasteiger partial charge < -0.3 is 9.30 Å². The highest BCUT2D eigenvalue weighted by Crippen LogP contribution is 2.52. The van der Waals surface area contributed by atoms with Gasteiger partial charge in [0.15, 0.2) is 0 Å². The quantitative estimate of drug-likeness (QED) is 0.641. The van der Waals surface area contributed by atoms with Crippen molar-refractivity contribution in [1.82, 2.24) is 14.3 Å². The van der Waals surface area contributed by atoms with Crippen LogP contribution < -0.4 is 9.46 Å². The highest BCUT2D eigenvalue weighted by atomic mass is 32.2. The minimum atomic E-state index is -4.67. The molecular formula is C20H18F3N3O4S. The molecule has 1 aromatic carbocycles. The van der Waals surface area contributed by atoms with Gasteiger partial charge in [0, 0.05) is 35.9 Å². The van der Waals surface area contributed by atoms with Gasteiger partial charge in [0.1, 0.15) is 0 Å². The van der Waals surface area contributed by atoms with E-state index in [1.165, 1.54) is 13.2 Å². The van der Waals surface area contributed by atoms with Gasteiger partial charge in [-0.05, 0) is 37.1 Å². The normalized spacial score (nSPS) is 15.6. The maximum atomic E-state index is 13.2. The molecule has 0 spiro atoms. The number of ether oxygens (including phenoxy) is 1. The first-order valence-corrected chi connectivity index (χ1v) is 10.7. The first-order chi connectivity index (χ1) is 14.5. The summed E-state index contributed by atoms with van der Waals surface area (Å²) in [6.07, 6.45) is -2.03. The van der Waals surface area contributed by atoms with Crippen LogP contribution in [0, 0.1) is 0 Å². The number of carbonyl (C=O) groups excluding carboxylic acids is 1. The Morgan fingerprint density at radius 3 is 2.58 bits per heavy atom. The average Bonchev–Trinajstić information content (AvgIpc) is 3.44. The van der Waals surface area contributed by atoms with E-state index in [0.29, 0.717) is 17.1 Å². The smallest absolute Gasteiger partial charge is 0.417 e. The summed E-state index contributed by atoms with van der Waals surface area (Å²) in [6.45, 7) is 0. The molecule has 2 heterocycles. The number of pyridine rings is 1. The van der Waals surface area contributed by atoms with Crippen LogP contribution in [0.25, 0.3) is 10.9 Å². The third kappa shape index (κ3) is 3.52. The van der Waals surface area contributed by atoms with Crippen LogP contribution in [0.2, 0.25) is 0 Å². The number of aromatic nitrogens is 2. The van der Waals surface area contributed by atoms with E-state index in [0.717, 1.165) is 6.07 Å². The summed E-state index contributed by atoms with van der Waals surface area (Å²) in [6, 6.07) is 7.06. The maximum Gasteiger partial charge on any atom is 0.417 e. The molecule has 1 fully saturated rings. The second-order valence-corrected chi connectivity index (χ2v) is 9.06. The average molecular weight is 453 g/mol. The maximum absolute atomic E-state index is 13.2. The molecule has 2 aromatic heterocycles. The summed E-state index contributed by atoms with van der Waals surface area (Å²) in [7, 11) is -1.30. The standard InChI is InChI=1S/C20H18F3N3O4S/c1-26-9-6-13-15(26)4-3-5-16(13)31(28,29)25-18(27)19(7-8-19)14-10-12(20(21,22)23)11-24-17(14)30-2/h3-6,9-11H,7-8H2,1-2H3,(H,25,27). The number of hydrogen-bond acceptors (Lipinski definition) is 5. The molecule has 0 unspecified atom stereocenters. The third-order valence-corrected chi connectivity index (χ3v) is 6.87. The Balaban J connectivity index is 1.72. The fourth-order valence-electron chi connectivity index (χ4n) is 3.64. The lowest BCUT2D eigenvalue weighted by Crippen LogP contribution is -2.39. The van der Waals surface area contributed by atoms with Crippen LogP contribution in [0.3, 0.4) is 0 Å². The number of aryl methyl sites for hydroxylation is 1. The second-order valence-electron chi connectivity index (χ2n) is 7.41. The molecule has 1 saturated carbocycles. The van der Waals surface area contributed by atoms with Crippen LogP contribution in [-0.2, 0) is 33.5 Å². The molecule has 31 heavy (non-hydrogen) atoms. The van der Waals surface area contributed by atoms with E-state index in [4.69, 9.17) is 4.74 Å². The van der Waals surface area contributed by atoms with Crippen molar-refractivity contribution in [3.63, 3.8) is 0 Å². The van der Waals surface area contributed by atoms with E-state index in [2.05, 4.69) is 4.98 Å². The number of fused-ring (bicyclic) bond motifs is 1. The van der Waals surface area contributed by atoms with Gasteiger partial charge in [-0.15, -0.1) is 0 Å². The largest absolute Gasteiger partial charge is 0.481 e. The summed E-state index contributed by atoms with van der Waals surface area (Å²) in [5, 5.41) is 0.425. The zero-order chi connectivity index (χ0) is 22.6. The monoisotopic (exact) mass is 453 g/mol. The first-order valence-electron chi connectivity index (χ1n) is 9.23. The van der Waals surface area contributed by atoms with Crippen molar-refractivity contribution in [2.45, 2.75) is 29.3 Å². The molecule has 11 heteroatoms. The van der Waals surface area contributed by atoms with E-state index in [1.54, 1.807) is 36.0 Å². The Kier molecular flexibility index (Phi) is 4.76. The van der Waals surface area contributed by atoms with Crippen molar-refractivity contribution in [3.05, 3.63) is 53.9 Å². The summed E-state index contributed by atoms with van der Waals surface area (Å²) in [5.41, 5.74) is -1.94. The Morgan fingerprint density at radius 2 is 1.97 bits per heavy atom. The first kappa shape index (κ1) is 21.2. The molecule has 1 N–H and O–H groups in total. The van der Waals surface area contributed by atoms with Crippen molar-refractivity contribution >= 4 is 26.8 Å². The summed E-state index contributed by atoms with van der Waals surface area (Å²) < 4.78 is 74.3. The van der Waals surface area contributed by atoms with Crippen molar-refractivity contribution in [2.24, 2.45) is 7.05 Å². The number of sulfonamides is 1. The number of amides is 1. The van der Waals surface area contributed by atoms with Gasteiger partial charge >= 0.3 is 6.18 Å². The molecule has 0 radical (unpaired) electrons. The Hall–Kier alpha value is -3.08. The van der Waals surface area contributed by atoms with Crippen LogP contribution in [-0.4, -0.2) is 31.0 Å². The molecule has 1 aliphatic carbocycles. The lowest BCUT2D eigenvalue weighted by molar-refractivity contribution is -0.138. The Morgan fingerprint density at radius 1 is 1.26 bits per heavy atom. The zero-order valence-corrected chi connectivity index (χ0v) is 17.3. The number of nitrogens with one attached hydrogen (secondary N) is 1. The molecule has 4 rings (SSSR count). The molecule has 0 saturated heterocycles. The van der Waals surface area contributed by atoms with Gasteiger partial charge in [0.2, 0.25) is 11.8 Å². The highest BCUT2D eigenvalue weighted by Gasteiger charge is 2.55. The van der Waals surface area contributed by atoms with Gasteiger partial charge in [0.25, 0.3) is 10.0 Å². The van der Waals surface area contributed by atoms with E-state index < -0.39 is 33.1 Å². The minimum Gasteiger partial charge on any atom is -0.481 e. The van der Waals surface area contributed by atoms with E-state index >= 15 is 0 Å². The lowest BCUT2D eigenvalue weighted by atomic mass is 9.95. The number of benzene rings is 1. The molecule has 0 atom stereocenters. The van der Waals surface area contributed by atoms with Gasteiger partial charge in [-0.1, -0.05) is 6.07 Å². The van der Waals surface area contributed by atoms with E-state index in [1.807, 2.05) is 4.72 Å². The molecule has 0 bridgehead atoms. The topological polar surface area (TPSA) is 90.3 Å². The lowest BCUT2D eigenvalue weighted by Gasteiger charge is -2.19. The van der Waals surface area contributed by atoms with Crippen molar-refractivity contribution in [2.75, 3.05) is 7.11 Å². The predicted octanol–water partition coefficient (Wildman–Crippen LogP) is 3.14. The van der Waals surface area contributed by atoms with Crippen LogP contribution in [0.4, 0.5) is 13.2 Å². The fourth-order valence-corrected chi connectivity index (χ4v) is 4.91. The van der Waals surface area contributed by atoms with Crippen molar-refractivity contribution in [3.8, 4) is 5.88 Å².